The molecule has 15 heteroatoms. The molecule has 0 bridgehead atoms. The molecule has 1 aromatic heterocycles. The molecule has 2 aliphatic rings. The fraction of sp³-hybridized carbons (Fsp3) is 0.261. The van der Waals surface area contributed by atoms with Crippen molar-refractivity contribution in [2.45, 2.75) is 70.6 Å². The van der Waals surface area contributed by atoms with Gasteiger partial charge in [0.1, 0.15) is 40.9 Å². The largest absolute Gasteiger partial charge is 0.489 e. The van der Waals surface area contributed by atoms with Gasteiger partial charge in [0, 0.05) is 30.2 Å². The molecule has 0 aliphatic carbocycles. The number of esters is 1. The van der Waals surface area contributed by atoms with Crippen LogP contribution in [0.1, 0.15) is 60.3 Å². The van der Waals surface area contributed by atoms with Crippen LogP contribution in [0.3, 0.4) is 0 Å². The standard InChI is InChI=1S/C46H41Cl2N5O8/c1-46(2,3)61-45(57)53-24-33-21-39-36(51-43(55)40(60-39)31-13-15-34(16-14-31)59-25-28-17-35(47)41(48)50-23-28)19-32(33)20-38(53)42(54)52-37(44(56)58-4)18-26-5-9-29(10-6-26)30-11-7-27(22-49)8-12-30/h5-17,19,21,23,37-38,40H,18,20,24-25H2,1-4H3,(H,51,55)(H,52,54)/t37-,38?,40-/m0/s1. The number of nitriles is 1. The van der Waals surface area contributed by atoms with Crippen LogP contribution in [0.2, 0.25) is 10.2 Å². The summed E-state index contributed by atoms with van der Waals surface area (Å²) in [5, 5.41) is 15.4. The van der Waals surface area contributed by atoms with Crippen molar-refractivity contribution in [2.24, 2.45) is 0 Å². The van der Waals surface area contributed by atoms with Crippen LogP contribution in [0.5, 0.6) is 11.5 Å². The van der Waals surface area contributed by atoms with E-state index in [0.29, 0.717) is 44.5 Å². The fourth-order valence-corrected chi connectivity index (χ4v) is 7.30. The molecule has 2 N–H and O–H groups in total. The summed E-state index contributed by atoms with van der Waals surface area (Å²) < 4.78 is 23.0. The van der Waals surface area contributed by atoms with Crippen molar-refractivity contribution in [1.82, 2.24) is 15.2 Å². The maximum absolute atomic E-state index is 14.2. The zero-order valence-corrected chi connectivity index (χ0v) is 35.2. The minimum absolute atomic E-state index is 0.0162. The van der Waals surface area contributed by atoms with Gasteiger partial charge in [0.05, 0.1) is 36.0 Å². The molecule has 2 aliphatic heterocycles. The minimum atomic E-state index is -1.08. The minimum Gasteiger partial charge on any atom is -0.489 e. The third kappa shape index (κ3) is 10.1. The average molecular weight is 863 g/mol. The van der Waals surface area contributed by atoms with Crippen LogP contribution in [0.15, 0.2) is 97.2 Å². The van der Waals surface area contributed by atoms with Crippen molar-refractivity contribution in [3.05, 3.63) is 141 Å². The molecule has 61 heavy (non-hydrogen) atoms. The van der Waals surface area contributed by atoms with Gasteiger partial charge < -0.3 is 29.6 Å². The van der Waals surface area contributed by atoms with Gasteiger partial charge in [-0.25, -0.2) is 14.6 Å². The fourth-order valence-electron chi connectivity index (χ4n) is 7.01. The molecule has 4 aromatic carbocycles. The summed E-state index contributed by atoms with van der Waals surface area (Å²) in [4.78, 5) is 59.8. The third-order valence-corrected chi connectivity index (χ3v) is 10.8. The second-order valence-electron chi connectivity index (χ2n) is 15.6. The summed E-state index contributed by atoms with van der Waals surface area (Å²) in [5.74, 6) is -0.696. The molecule has 0 fully saturated rings. The maximum atomic E-state index is 14.2. The summed E-state index contributed by atoms with van der Waals surface area (Å²) in [6, 6.07) is 26.7. The summed E-state index contributed by atoms with van der Waals surface area (Å²) in [6.45, 7) is 5.38. The molecule has 0 saturated heterocycles. The Hall–Kier alpha value is -6.62. The van der Waals surface area contributed by atoms with E-state index in [0.717, 1.165) is 22.3 Å². The van der Waals surface area contributed by atoms with E-state index in [2.05, 4.69) is 21.7 Å². The molecule has 5 aromatic rings. The van der Waals surface area contributed by atoms with Crippen molar-refractivity contribution < 1.29 is 38.1 Å². The number of nitrogens with one attached hydrogen (secondary N) is 2. The molecule has 13 nitrogen and oxygen atoms in total. The number of fused-ring (bicyclic) bond motifs is 2. The van der Waals surface area contributed by atoms with Gasteiger partial charge in [0.2, 0.25) is 12.0 Å². The van der Waals surface area contributed by atoms with Crippen molar-refractivity contribution in [2.75, 3.05) is 12.4 Å². The molecule has 0 spiro atoms. The highest BCUT2D eigenvalue weighted by Crippen LogP contribution is 2.40. The van der Waals surface area contributed by atoms with Crippen LogP contribution >= 0.6 is 23.2 Å². The normalized spacial score (nSPS) is 16.1. The maximum Gasteiger partial charge on any atom is 0.411 e. The molecular weight excluding hydrogens is 821 g/mol. The Labute approximate surface area is 362 Å². The van der Waals surface area contributed by atoms with Gasteiger partial charge in [-0.15, -0.1) is 0 Å². The van der Waals surface area contributed by atoms with Crippen molar-refractivity contribution >= 4 is 52.8 Å². The van der Waals surface area contributed by atoms with Crippen LogP contribution in [-0.4, -0.2) is 58.6 Å². The van der Waals surface area contributed by atoms with E-state index in [-0.39, 0.29) is 31.1 Å². The number of anilines is 1. The number of carbonyl (C=O) groups is 4. The van der Waals surface area contributed by atoms with E-state index in [1.807, 2.05) is 36.4 Å². The monoisotopic (exact) mass is 861 g/mol. The highest BCUT2D eigenvalue weighted by Gasteiger charge is 2.40. The van der Waals surface area contributed by atoms with E-state index in [4.69, 9.17) is 47.4 Å². The van der Waals surface area contributed by atoms with Crippen LogP contribution < -0.4 is 20.1 Å². The van der Waals surface area contributed by atoms with Crippen molar-refractivity contribution in [1.29, 1.82) is 5.26 Å². The Kier molecular flexibility index (Phi) is 12.5. The smallest absolute Gasteiger partial charge is 0.411 e. The van der Waals surface area contributed by atoms with Gasteiger partial charge in [-0.05, 0) is 91.1 Å². The first kappa shape index (κ1) is 42.5. The molecular formula is C46H41Cl2N5O8. The lowest BCUT2D eigenvalue weighted by Gasteiger charge is -2.38. The van der Waals surface area contributed by atoms with Gasteiger partial charge in [-0.2, -0.15) is 5.26 Å². The lowest BCUT2D eigenvalue weighted by Crippen LogP contribution is -2.56. The number of hydrogen-bond donors (Lipinski definition) is 2. The van der Waals surface area contributed by atoms with E-state index >= 15 is 0 Å². The molecule has 1 unspecified atom stereocenters. The SMILES string of the molecule is COC(=O)[C@H](Cc1ccc(-c2ccc(C#N)cc2)cc1)NC(=O)C1Cc2cc3c(cc2CN1C(=O)OC(C)(C)C)O[C@@H](c1ccc(OCc2cnc(Cl)c(Cl)c2)cc1)C(=O)N3. The average Bonchev–Trinajstić information content (AvgIpc) is 3.24. The molecule has 3 atom stereocenters. The Morgan fingerprint density at radius 1 is 0.967 bits per heavy atom. The lowest BCUT2D eigenvalue weighted by atomic mass is 9.91. The summed E-state index contributed by atoms with van der Waals surface area (Å²) >= 11 is 12.0. The number of ether oxygens (including phenoxy) is 4. The summed E-state index contributed by atoms with van der Waals surface area (Å²) in [6.07, 6.45) is 0.0516. The first-order valence-electron chi connectivity index (χ1n) is 19.3. The number of hydrogen-bond acceptors (Lipinski definition) is 10. The van der Waals surface area contributed by atoms with Gasteiger partial charge in [0.15, 0.2) is 0 Å². The molecule has 0 radical (unpaired) electrons. The number of benzene rings is 4. The van der Waals surface area contributed by atoms with Crippen LogP contribution in [0.25, 0.3) is 11.1 Å². The Morgan fingerprint density at radius 2 is 1.66 bits per heavy atom. The van der Waals surface area contributed by atoms with Crippen LogP contribution in [-0.2, 0) is 49.9 Å². The second-order valence-corrected chi connectivity index (χ2v) is 16.3. The number of halogens is 2. The zero-order valence-electron chi connectivity index (χ0n) is 33.7. The van der Waals surface area contributed by atoms with Crippen molar-refractivity contribution in [3.63, 3.8) is 0 Å². The van der Waals surface area contributed by atoms with E-state index in [9.17, 15) is 19.2 Å². The van der Waals surface area contributed by atoms with Crippen molar-refractivity contribution in [3.8, 4) is 28.7 Å². The first-order valence-corrected chi connectivity index (χ1v) is 20.1. The number of methoxy groups -OCH3 is 1. The molecule has 312 valence electrons. The second kappa shape index (κ2) is 17.9. The number of aromatic nitrogens is 1. The highest BCUT2D eigenvalue weighted by atomic mass is 35.5. The first-order chi connectivity index (χ1) is 29.2. The van der Waals surface area contributed by atoms with E-state index in [1.54, 1.807) is 81.6 Å². The number of carbonyl (C=O) groups excluding carboxylic acids is 4. The van der Waals surface area contributed by atoms with E-state index < -0.39 is 47.7 Å². The van der Waals surface area contributed by atoms with Crippen LogP contribution in [0, 0.1) is 11.3 Å². The zero-order chi connectivity index (χ0) is 43.4. The van der Waals surface area contributed by atoms with Gasteiger partial charge in [-0.1, -0.05) is 71.7 Å². The third-order valence-electron chi connectivity index (χ3n) is 10.1. The predicted octanol–water partition coefficient (Wildman–Crippen LogP) is 8.14. The summed E-state index contributed by atoms with van der Waals surface area (Å²) in [7, 11) is 1.24. The van der Waals surface area contributed by atoms with Gasteiger partial charge in [0.25, 0.3) is 5.91 Å². The Bertz CT molecular complexity index is 2520. The molecule has 7 rings (SSSR count). The molecule has 0 saturated carbocycles. The Morgan fingerprint density at radius 3 is 2.30 bits per heavy atom. The quantitative estimate of drug-likeness (QED) is 0.103. The number of rotatable bonds is 10. The Balaban J connectivity index is 1.07. The van der Waals surface area contributed by atoms with Gasteiger partial charge in [-0.3, -0.25) is 14.5 Å². The molecule has 3 amide bonds. The lowest BCUT2D eigenvalue weighted by molar-refractivity contribution is -0.145. The van der Waals surface area contributed by atoms with Crippen LogP contribution in [0.4, 0.5) is 10.5 Å². The van der Waals surface area contributed by atoms with Gasteiger partial charge >= 0.3 is 12.1 Å². The highest BCUT2D eigenvalue weighted by molar-refractivity contribution is 6.41. The summed E-state index contributed by atoms with van der Waals surface area (Å²) in [5.41, 5.74) is 5.40. The number of amides is 3. The topological polar surface area (TPSA) is 169 Å². The number of pyridine rings is 1. The molecule has 3 heterocycles. The number of nitrogens with zero attached hydrogens (tertiary/aromatic N) is 3. The van der Waals surface area contributed by atoms with E-state index in [1.165, 1.54) is 12.0 Å². The predicted molar refractivity (Wildman–Crippen MR) is 227 cm³/mol.